The Balaban J connectivity index is 2.36. The maximum absolute atomic E-state index is 11.8. The monoisotopic (exact) mass is 272 g/mol. The first-order valence-corrected chi connectivity index (χ1v) is 7.18. The van der Waals surface area contributed by atoms with Gasteiger partial charge in [-0.1, -0.05) is 61.1 Å². The first-order valence-electron chi connectivity index (χ1n) is 7.18. The fourth-order valence-corrected chi connectivity index (χ4v) is 1.80. The molecule has 0 aliphatic carbocycles. The van der Waals surface area contributed by atoms with E-state index in [4.69, 9.17) is 4.74 Å². The summed E-state index contributed by atoms with van der Waals surface area (Å²) in [6.45, 7) is 6.10. The Hall–Kier alpha value is -1.83. The molecule has 20 heavy (non-hydrogen) atoms. The quantitative estimate of drug-likeness (QED) is 0.541. The van der Waals surface area contributed by atoms with Crippen molar-refractivity contribution in [1.82, 2.24) is 0 Å². The number of hydrogen-bond acceptors (Lipinski definition) is 2. The van der Waals surface area contributed by atoms with E-state index >= 15 is 0 Å². The molecular weight excluding hydrogens is 248 g/mol. The number of carbonyl (C=O) groups is 1. The Kier molecular flexibility index (Phi) is 7.41. The van der Waals surface area contributed by atoms with Crippen LogP contribution in [0.15, 0.2) is 54.1 Å². The maximum atomic E-state index is 11.8. The summed E-state index contributed by atoms with van der Waals surface area (Å²) in [4.78, 5) is 11.8. The Bertz CT molecular complexity index is 458. The molecule has 0 saturated heterocycles. The van der Waals surface area contributed by atoms with Crippen LogP contribution in [0.1, 0.15) is 39.2 Å². The minimum Gasteiger partial charge on any atom is -0.462 e. The van der Waals surface area contributed by atoms with E-state index in [1.54, 1.807) is 0 Å². The highest BCUT2D eigenvalue weighted by Gasteiger charge is 2.09. The molecule has 0 spiro atoms. The lowest BCUT2D eigenvalue weighted by atomic mass is 10.1. The van der Waals surface area contributed by atoms with Gasteiger partial charge in [0, 0.05) is 6.42 Å². The third-order valence-corrected chi connectivity index (χ3v) is 2.91. The average Bonchev–Trinajstić information content (AvgIpc) is 2.43. The van der Waals surface area contributed by atoms with Gasteiger partial charge in [0.1, 0.15) is 6.10 Å². The lowest BCUT2D eigenvalue weighted by Gasteiger charge is -2.11. The van der Waals surface area contributed by atoms with Crippen LogP contribution >= 0.6 is 0 Å². The van der Waals surface area contributed by atoms with E-state index in [0.717, 1.165) is 18.4 Å². The fraction of sp³-hybridized carbons (Fsp3) is 0.389. The molecule has 0 bridgehead atoms. The van der Waals surface area contributed by atoms with Crippen molar-refractivity contribution >= 4 is 5.97 Å². The highest BCUT2D eigenvalue weighted by molar-refractivity contribution is 5.72. The van der Waals surface area contributed by atoms with Crippen LogP contribution in [0.2, 0.25) is 0 Å². The van der Waals surface area contributed by atoms with E-state index in [1.165, 1.54) is 5.57 Å². The second kappa shape index (κ2) is 9.13. The van der Waals surface area contributed by atoms with Gasteiger partial charge in [-0.25, -0.2) is 0 Å². The lowest BCUT2D eigenvalue weighted by molar-refractivity contribution is -0.147. The molecule has 0 N–H and O–H groups in total. The fourth-order valence-electron chi connectivity index (χ4n) is 1.80. The SMILES string of the molecule is CC/C=C/C(C)=C/CC(C)OC(=O)Cc1ccccc1. The van der Waals surface area contributed by atoms with Crippen LogP contribution in [-0.2, 0) is 16.0 Å². The van der Waals surface area contributed by atoms with Gasteiger partial charge in [0.15, 0.2) is 0 Å². The molecule has 0 aliphatic rings. The maximum Gasteiger partial charge on any atom is 0.310 e. The van der Waals surface area contributed by atoms with Crippen LogP contribution in [0.25, 0.3) is 0 Å². The molecule has 2 nitrogen and oxygen atoms in total. The van der Waals surface area contributed by atoms with Gasteiger partial charge in [-0.05, 0) is 25.8 Å². The third-order valence-electron chi connectivity index (χ3n) is 2.91. The zero-order chi connectivity index (χ0) is 14.8. The number of allylic oxidation sites excluding steroid dienone is 3. The van der Waals surface area contributed by atoms with Gasteiger partial charge >= 0.3 is 5.97 Å². The van der Waals surface area contributed by atoms with Crippen molar-refractivity contribution in [1.29, 1.82) is 0 Å². The summed E-state index contributed by atoms with van der Waals surface area (Å²) in [5.74, 6) is -0.168. The van der Waals surface area contributed by atoms with E-state index < -0.39 is 0 Å². The molecule has 0 saturated carbocycles. The summed E-state index contributed by atoms with van der Waals surface area (Å²) in [6, 6.07) is 9.67. The van der Waals surface area contributed by atoms with Crippen molar-refractivity contribution in [2.75, 3.05) is 0 Å². The van der Waals surface area contributed by atoms with Crippen molar-refractivity contribution in [2.24, 2.45) is 0 Å². The summed E-state index contributed by atoms with van der Waals surface area (Å²) in [7, 11) is 0. The van der Waals surface area contributed by atoms with Gasteiger partial charge in [-0.2, -0.15) is 0 Å². The van der Waals surface area contributed by atoms with Gasteiger partial charge in [-0.15, -0.1) is 0 Å². The van der Waals surface area contributed by atoms with E-state index in [1.807, 2.05) is 37.3 Å². The molecule has 108 valence electrons. The molecular formula is C18H24O2. The van der Waals surface area contributed by atoms with E-state index in [0.29, 0.717) is 6.42 Å². The van der Waals surface area contributed by atoms with Gasteiger partial charge < -0.3 is 4.74 Å². The molecule has 0 aromatic heterocycles. The predicted molar refractivity (Wildman–Crippen MR) is 83.5 cm³/mol. The van der Waals surface area contributed by atoms with Crippen LogP contribution in [0, 0.1) is 0 Å². The zero-order valence-electron chi connectivity index (χ0n) is 12.6. The minimum absolute atomic E-state index is 0.0869. The second-order valence-corrected chi connectivity index (χ2v) is 4.96. The molecule has 1 aromatic carbocycles. The summed E-state index contributed by atoms with van der Waals surface area (Å²) in [6.07, 6.45) is 8.36. The van der Waals surface area contributed by atoms with Crippen molar-refractivity contribution < 1.29 is 9.53 Å². The van der Waals surface area contributed by atoms with Crippen molar-refractivity contribution in [2.45, 2.75) is 46.1 Å². The van der Waals surface area contributed by atoms with E-state index in [9.17, 15) is 4.79 Å². The molecule has 1 aromatic rings. The first kappa shape index (κ1) is 16.2. The highest BCUT2D eigenvalue weighted by Crippen LogP contribution is 2.07. The molecule has 1 atom stereocenters. The molecule has 1 unspecified atom stereocenters. The molecule has 0 radical (unpaired) electrons. The Labute approximate surface area is 122 Å². The lowest BCUT2D eigenvalue weighted by Crippen LogP contribution is -2.16. The normalized spacial score (nSPS) is 13.4. The number of hydrogen-bond donors (Lipinski definition) is 0. The molecule has 0 amide bonds. The molecule has 2 heteroatoms. The Morgan fingerprint density at radius 2 is 2.00 bits per heavy atom. The molecule has 0 fully saturated rings. The smallest absolute Gasteiger partial charge is 0.310 e. The van der Waals surface area contributed by atoms with Crippen molar-refractivity contribution in [3.05, 3.63) is 59.7 Å². The van der Waals surface area contributed by atoms with Crippen molar-refractivity contribution in [3.63, 3.8) is 0 Å². The van der Waals surface area contributed by atoms with Crippen LogP contribution in [0.5, 0.6) is 0 Å². The van der Waals surface area contributed by atoms with Gasteiger partial charge in [0.25, 0.3) is 0 Å². The highest BCUT2D eigenvalue weighted by atomic mass is 16.5. The van der Waals surface area contributed by atoms with Gasteiger partial charge in [0.2, 0.25) is 0 Å². The predicted octanol–water partition coefficient (Wildman–Crippen LogP) is 4.46. The molecule has 0 aliphatic heterocycles. The standard InChI is InChI=1S/C18H24O2/c1-4-5-9-15(2)12-13-16(3)20-18(19)14-17-10-7-6-8-11-17/h5-12,16H,4,13-14H2,1-3H3/b9-5+,15-12+. The Morgan fingerprint density at radius 1 is 1.30 bits per heavy atom. The van der Waals surface area contributed by atoms with Crippen LogP contribution < -0.4 is 0 Å². The molecule has 1 rings (SSSR count). The van der Waals surface area contributed by atoms with Gasteiger partial charge in [0.05, 0.1) is 6.42 Å². The van der Waals surface area contributed by atoms with Crippen LogP contribution in [0.3, 0.4) is 0 Å². The van der Waals surface area contributed by atoms with Crippen LogP contribution in [-0.4, -0.2) is 12.1 Å². The first-order chi connectivity index (χ1) is 9.61. The average molecular weight is 272 g/mol. The van der Waals surface area contributed by atoms with E-state index in [-0.39, 0.29) is 12.1 Å². The van der Waals surface area contributed by atoms with Crippen LogP contribution in [0.4, 0.5) is 0 Å². The number of esters is 1. The Morgan fingerprint density at radius 3 is 2.65 bits per heavy atom. The number of ether oxygens (including phenoxy) is 1. The summed E-state index contributed by atoms with van der Waals surface area (Å²) in [5.41, 5.74) is 2.19. The summed E-state index contributed by atoms with van der Waals surface area (Å²) in [5, 5.41) is 0. The van der Waals surface area contributed by atoms with Gasteiger partial charge in [-0.3, -0.25) is 4.79 Å². The largest absolute Gasteiger partial charge is 0.462 e. The topological polar surface area (TPSA) is 26.3 Å². The zero-order valence-corrected chi connectivity index (χ0v) is 12.6. The number of carbonyl (C=O) groups excluding carboxylic acids is 1. The third kappa shape index (κ3) is 6.93. The summed E-state index contributed by atoms with van der Waals surface area (Å²) >= 11 is 0. The van der Waals surface area contributed by atoms with E-state index in [2.05, 4.69) is 32.1 Å². The second-order valence-electron chi connectivity index (χ2n) is 4.96. The number of benzene rings is 1. The molecule has 0 heterocycles. The minimum atomic E-state index is -0.168. The number of rotatable bonds is 7. The summed E-state index contributed by atoms with van der Waals surface area (Å²) < 4.78 is 5.40. The van der Waals surface area contributed by atoms with Crippen molar-refractivity contribution in [3.8, 4) is 0 Å².